The Hall–Kier alpha value is -0.570. The molecule has 0 spiro atoms. The molecule has 3 unspecified atom stereocenters. The first kappa shape index (κ1) is 11.9. The molecule has 2 aliphatic heterocycles. The number of carbonyl (C=O) groups excluding carboxylic acids is 1. The number of likely N-dealkylation sites (tertiary alicyclic amines) is 1. The molecule has 1 amide bonds. The predicted molar refractivity (Wildman–Crippen MR) is 65.2 cm³/mol. The molecule has 0 aromatic rings. The molecule has 1 N–H and O–H groups in total. The van der Waals surface area contributed by atoms with E-state index in [1.807, 2.05) is 0 Å². The van der Waals surface area contributed by atoms with E-state index in [4.69, 9.17) is 0 Å². The summed E-state index contributed by atoms with van der Waals surface area (Å²) in [5.41, 5.74) is -0.290. The first-order chi connectivity index (χ1) is 7.53. The van der Waals surface area contributed by atoms with E-state index in [0.29, 0.717) is 17.7 Å². The van der Waals surface area contributed by atoms with Crippen LogP contribution in [0.1, 0.15) is 40.0 Å². The van der Waals surface area contributed by atoms with E-state index in [-0.39, 0.29) is 5.54 Å². The summed E-state index contributed by atoms with van der Waals surface area (Å²) in [4.78, 5) is 14.5. The normalized spacial score (nSPS) is 40.1. The first-order valence-electron chi connectivity index (χ1n) is 6.57. The zero-order valence-electron chi connectivity index (χ0n) is 10.8. The fraction of sp³-hybridized carbons (Fsp3) is 0.923. The van der Waals surface area contributed by atoms with Crippen LogP contribution in [0.2, 0.25) is 0 Å². The van der Waals surface area contributed by atoms with Gasteiger partial charge in [-0.1, -0.05) is 13.8 Å². The van der Waals surface area contributed by atoms with Crippen LogP contribution >= 0.6 is 0 Å². The third-order valence-corrected chi connectivity index (χ3v) is 4.37. The van der Waals surface area contributed by atoms with Gasteiger partial charge in [0.1, 0.15) is 0 Å². The highest BCUT2D eigenvalue weighted by Crippen LogP contribution is 2.27. The molecule has 0 bridgehead atoms. The molecular weight excluding hydrogens is 200 g/mol. The number of hydrogen-bond donors (Lipinski definition) is 1. The summed E-state index contributed by atoms with van der Waals surface area (Å²) in [6, 6.07) is 0. The summed E-state index contributed by atoms with van der Waals surface area (Å²) in [7, 11) is 0. The molecule has 92 valence electrons. The van der Waals surface area contributed by atoms with Gasteiger partial charge in [0.15, 0.2) is 0 Å². The highest BCUT2D eigenvalue weighted by atomic mass is 16.2. The summed E-state index contributed by atoms with van der Waals surface area (Å²) in [6.45, 7) is 9.43. The number of carbonyl (C=O) groups is 1. The molecule has 0 saturated carbocycles. The lowest BCUT2D eigenvalue weighted by Crippen LogP contribution is -2.57. The van der Waals surface area contributed by atoms with Gasteiger partial charge in [-0.25, -0.2) is 0 Å². The van der Waals surface area contributed by atoms with Crippen LogP contribution < -0.4 is 5.32 Å². The Balaban J connectivity index is 2.01. The van der Waals surface area contributed by atoms with Crippen molar-refractivity contribution >= 4 is 5.91 Å². The molecule has 3 nitrogen and oxygen atoms in total. The second-order valence-electron chi connectivity index (χ2n) is 5.88. The van der Waals surface area contributed by atoms with Gasteiger partial charge in [0, 0.05) is 13.1 Å². The fourth-order valence-electron chi connectivity index (χ4n) is 2.88. The van der Waals surface area contributed by atoms with Crippen molar-refractivity contribution in [3.8, 4) is 0 Å². The molecule has 0 aromatic carbocycles. The quantitative estimate of drug-likeness (QED) is 0.734. The van der Waals surface area contributed by atoms with Gasteiger partial charge in [0.2, 0.25) is 5.91 Å². The van der Waals surface area contributed by atoms with Crippen molar-refractivity contribution in [1.29, 1.82) is 0 Å². The Labute approximate surface area is 98.6 Å². The maximum Gasteiger partial charge on any atom is 0.242 e. The molecule has 3 atom stereocenters. The number of amides is 1. The lowest BCUT2D eigenvalue weighted by atomic mass is 9.89. The molecule has 2 aliphatic rings. The van der Waals surface area contributed by atoms with E-state index in [2.05, 4.69) is 31.0 Å². The number of hydrogen-bond acceptors (Lipinski definition) is 2. The SMILES string of the molecule is CC1CN(C(=O)C2(C)CCCCN2)CC1C. The third kappa shape index (κ3) is 2.10. The van der Waals surface area contributed by atoms with Crippen LogP contribution in [0.3, 0.4) is 0 Å². The van der Waals surface area contributed by atoms with E-state index >= 15 is 0 Å². The third-order valence-electron chi connectivity index (χ3n) is 4.37. The van der Waals surface area contributed by atoms with E-state index in [1.54, 1.807) is 0 Å². The molecule has 0 aromatic heterocycles. The van der Waals surface area contributed by atoms with Gasteiger partial charge >= 0.3 is 0 Å². The van der Waals surface area contributed by atoms with E-state index in [1.165, 1.54) is 12.8 Å². The summed E-state index contributed by atoms with van der Waals surface area (Å²) in [5.74, 6) is 1.62. The number of piperidine rings is 1. The molecule has 2 fully saturated rings. The van der Waals surface area contributed by atoms with Gasteiger partial charge in [0.25, 0.3) is 0 Å². The number of nitrogens with zero attached hydrogens (tertiary/aromatic N) is 1. The lowest BCUT2D eigenvalue weighted by molar-refractivity contribution is -0.137. The van der Waals surface area contributed by atoms with Crippen LogP contribution in [-0.4, -0.2) is 36.0 Å². The van der Waals surface area contributed by atoms with Gasteiger partial charge in [-0.2, -0.15) is 0 Å². The van der Waals surface area contributed by atoms with Crippen molar-refractivity contribution < 1.29 is 4.79 Å². The Morgan fingerprint density at radius 2 is 1.88 bits per heavy atom. The van der Waals surface area contributed by atoms with Crippen molar-refractivity contribution in [3.05, 3.63) is 0 Å². The largest absolute Gasteiger partial charge is 0.341 e. The highest BCUT2D eigenvalue weighted by molar-refractivity contribution is 5.86. The minimum Gasteiger partial charge on any atom is -0.341 e. The van der Waals surface area contributed by atoms with Crippen LogP contribution in [0.25, 0.3) is 0 Å². The smallest absolute Gasteiger partial charge is 0.242 e. The molecule has 0 aliphatic carbocycles. The van der Waals surface area contributed by atoms with E-state index in [9.17, 15) is 4.79 Å². The van der Waals surface area contributed by atoms with Crippen molar-refractivity contribution in [3.63, 3.8) is 0 Å². The van der Waals surface area contributed by atoms with E-state index < -0.39 is 0 Å². The van der Waals surface area contributed by atoms with Crippen LogP contribution in [0, 0.1) is 11.8 Å². The van der Waals surface area contributed by atoms with Crippen LogP contribution in [0.4, 0.5) is 0 Å². The van der Waals surface area contributed by atoms with Crippen LogP contribution in [-0.2, 0) is 4.79 Å². The number of rotatable bonds is 1. The van der Waals surface area contributed by atoms with Crippen molar-refractivity contribution in [2.24, 2.45) is 11.8 Å². The van der Waals surface area contributed by atoms with Crippen molar-refractivity contribution in [1.82, 2.24) is 10.2 Å². The highest BCUT2D eigenvalue weighted by Gasteiger charge is 2.40. The Morgan fingerprint density at radius 1 is 1.25 bits per heavy atom. The topological polar surface area (TPSA) is 32.3 Å². The van der Waals surface area contributed by atoms with Gasteiger partial charge in [-0.05, 0) is 44.6 Å². The zero-order chi connectivity index (χ0) is 11.8. The molecule has 0 radical (unpaired) electrons. The van der Waals surface area contributed by atoms with Gasteiger partial charge in [0.05, 0.1) is 5.54 Å². The summed E-state index contributed by atoms with van der Waals surface area (Å²) < 4.78 is 0. The van der Waals surface area contributed by atoms with Gasteiger partial charge in [-0.15, -0.1) is 0 Å². The zero-order valence-corrected chi connectivity index (χ0v) is 10.8. The summed E-state index contributed by atoms with van der Waals surface area (Å²) in [5, 5.41) is 3.41. The molecule has 2 heterocycles. The Morgan fingerprint density at radius 3 is 2.38 bits per heavy atom. The lowest BCUT2D eigenvalue weighted by Gasteiger charge is -2.36. The van der Waals surface area contributed by atoms with Crippen molar-refractivity contribution in [2.45, 2.75) is 45.6 Å². The Bertz CT molecular complexity index is 261. The fourth-order valence-corrected chi connectivity index (χ4v) is 2.88. The summed E-state index contributed by atoms with van der Waals surface area (Å²) >= 11 is 0. The maximum absolute atomic E-state index is 12.5. The molecule has 2 saturated heterocycles. The van der Waals surface area contributed by atoms with Crippen LogP contribution in [0.5, 0.6) is 0 Å². The minimum atomic E-state index is -0.290. The molecule has 2 rings (SSSR count). The molecule has 3 heteroatoms. The predicted octanol–water partition coefficient (Wildman–Crippen LogP) is 1.63. The Kier molecular flexibility index (Phi) is 3.24. The average Bonchev–Trinajstić information content (AvgIpc) is 2.59. The summed E-state index contributed by atoms with van der Waals surface area (Å²) in [6.07, 6.45) is 3.37. The second-order valence-corrected chi connectivity index (χ2v) is 5.88. The van der Waals surface area contributed by atoms with Gasteiger partial charge in [-0.3, -0.25) is 4.79 Å². The minimum absolute atomic E-state index is 0.290. The first-order valence-corrected chi connectivity index (χ1v) is 6.57. The average molecular weight is 224 g/mol. The molecular formula is C13H24N2O. The second kappa shape index (κ2) is 4.36. The maximum atomic E-state index is 12.5. The van der Waals surface area contributed by atoms with E-state index in [0.717, 1.165) is 26.1 Å². The molecule has 16 heavy (non-hydrogen) atoms. The van der Waals surface area contributed by atoms with Crippen LogP contribution in [0.15, 0.2) is 0 Å². The monoisotopic (exact) mass is 224 g/mol. The van der Waals surface area contributed by atoms with Gasteiger partial charge < -0.3 is 10.2 Å². The van der Waals surface area contributed by atoms with Crippen molar-refractivity contribution in [2.75, 3.05) is 19.6 Å². The standard InChI is InChI=1S/C13H24N2O/c1-10-8-15(9-11(10)2)12(16)13(3)6-4-5-7-14-13/h10-11,14H,4-9H2,1-3H3. The number of nitrogens with one attached hydrogen (secondary N) is 1.